The van der Waals surface area contributed by atoms with Gasteiger partial charge in [-0.05, 0) is 72.8 Å². The van der Waals surface area contributed by atoms with E-state index >= 15 is 0 Å². The predicted octanol–water partition coefficient (Wildman–Crippen LogP) is 6.19. The van der Waals surface area contributed by atoms with Gasteiger partial charge in [0.05, 0.1) is 25.2 Å². The van der Waals surface area contributed by atoms with Crippen LogP contribution in [0.3, 0.4) is 0 Å². The van der Waals surface area contributed by atoms with Gasteiger partial charge >= 0.3 is 5.97 Å². The second-order valence-electron chi connectivity index (χ2n) is 10.7. The number of hydrogen-bond acceptors (Lipinski definition) is 5. The summed E-state index contributed by atoms with van der Waals surface area (Å²) in [5.74, 6) is -0.344. The highest BCUT2D eigenvalue weighted by Gasteiger charge is 2.37. The lowest BCUT2D eigenvalue weighted by Crippen LogP contribution is -2.40. The molecule has 6 nitrogen and oxygen atoms in total. The van der Waals surface area contributed by atoms with Crippen molar-refractivity contribution in [1.82, 2.24) is 15.0 Å². The number of nitrogens with zero attached hydrogens (tertiary/aromatic N) is 3. The van der Waals surface area contributed by atoms with E-state index in [1.165, 1.54) is 5.56 Å². The monoisotopic (exact) mass is 481 g/mol. The molecular weight excluding hydrogens is 442 g/mol. The van der Waals surface area contributed by atoms with Gasteiger partial charge < -0.3 is 9.16 Å². The van der Waals surface area contributed by atoms with Crippen LogP contribution in [0.15, 0.2) is 30.3 Å². The SMILES string of the molecule is CCOC(=O)C[C@H](c1ccc(C)c(CO[Si](C)(C)C(C)(C)C)c1)c1ccc2c(nnn2C)c1C. The van der Waals surface area contributed by atoms with Crippen LogP contribution in [-0.2, 0) is 27.6 Å². The van der Waals surface area contributed by atoms with Crippen LogP contribution in [0.1, 0.15) is 67.9 Å². The molecule has 3 rings (SSSR count). The first kappa shape index (κ1) is 26.1. The molecule has 0 radical (unpaired) electrons. The Kier molecular flexibility index (Phi) is 7.68. The van der Waals surface area contributed by atoms with Crippen LogP contribution in [0.4, 0.5) is 0 Å². The minimum atomic E-state index is -1.88. The molecule has 1 heterocycles. The number of fused-ring (bicyclic) bond motifs is 1. The normalized spacial score (nSPS) is 13.3. The summed E-state index contributed by atoms with van der Waals surface area (Å²) >= 11 is 0. The van der Waals surface area contributed by atoms with Crippen LogP contribution in [0.25, 0.3) is 11.0 Å². The van der Waals surface area contributed by atoms with Gasteiger partial charge in [0.2, 0.25) is 0 Å². The molecule has 0 aliphatic carbocycles. The number of rotatable bonds is 8. The molecule has 0 spiro atoms. The molecule has 0 bridgehead atoms. The average Bonchev–Trinajstić information content (AvgIpc) is 3.13. The fraction of sp³-hybridized carbons (Fsp3) is 0.519. The van der Waals surface area contributed by atoms with Gasteiger partial charge in [0.15, 0.2) is 8.32 Å². The molecule has 0 saturated carbocycles. The molecule has 7 heteroatoms. The van der Waals surface area contributed by atoms with Crippen LogP contribution in [0.2, 0.25) is 18.1 Å². The van der Waals surface area contributed by atoms with E-state index in [9.17, 15) is 4.79 Å². The molecule has 34 heavy (non-hydrogen) atoms. The second-order valence-corrected chi connectivity index (χ2v) is 15.5. The number of ether oxygens (including phenoxy) is 1. The summed E-state index contributed by atoms with van der Waals surface area (Å²) in [4.78, 5) is 12.6. The van der Waals surface area contributed by atoms with E-state index in [4.69, 9.17) is 9.16 Å². The van der Waals surface area contributed by atoms with Crippen molar-refractivity contribution in [3.05, 3.63) is 58.1 Å². The third kappa shape index (κ3) is 5.41. The van der Waals surface area contributed by atoms with Crippen LogP contribution in [0, 0.1) is 13.8 Å². The Morgan fingerprint density at radius 3 is 2.50 bits per heavy atom. The van der Waals surface area contributed by atoms with Crippen molar-refractivity contribution >= 4 is 25.3 Å². The van der Waals surface area contributed by atoms with Crippen molar-refractivity contribution in [3.8, 4) is 0 Å². The van der Waals surface area contributed by atoms with Crippen molar-refractivity contribution in [1.29, 1.82) is 0 Å². The molecule has 0 aliphatic heterocycles. The van der Waals surface area contributed by atoms with Crippen molar-refractivity contribution in [2.45, 2.75) is 78.6 Å². The summed E-state index contributed by atoms with van der Waals surface area (Å²) in [5.41, 5.74) is 7.39. The van der Waals surface area contributed by atoms with Gasteiger partial charge in [-0.15, -0.1) is 5.10 Å². The molecule has 184 valence electrons. The molecule has 0 saturated heterocycles. The molecule has 0 fully saturated rings. The lowest BCUT2D eigenvalue weighted by molar-refractivity contribution is -0.143. The minimum absolute atomic E-state index is 0.141. The summed E-state index contributed by atoms with van der Waals surface area (Å²) in [6.45, 7) is 18.3. The van der Waals surface area contributed by atoms with E-state index < -0.39 is 8.32 Å². The number of aryl methyl sites for hydroxylation is 3. The van der Waals surface area contributed by atoms with E-state index in [2.05, 4.69) is 82.3 Å². The maximum absolute atomic E-state index is 12.6. The Hall–Kier alpha value is -2.51. The number of hydrogen-bond donors (Lipinski definition) is 0. The standard InChI is InChI=1S/C27H39N3O3Si/c1-10-32-25(31)16-23(22-13-14-24-26(19(22)3)28-29-30(24)7)20-12-11-18(2)21(15-20)17-33-34(8,9)27(4,5)6/h11-15,23H,10,16-17H2,1-9H3/t23-/m1/s1. The van der Waals surface area contributed by atoms with Gasteiger partial charge in [-0.1, -0.05) is 50.3 Å². The van der Waals surface area contributed by atoms with E-state index in [1.54, 1.807) is 4.68 Å². The predicted molar refractivity (Wildman–Crippen MR) is 140 cm³/mol. The number of esters is 1. The molecule has 1 aromatic heterocycles. The van der Waals surface area contributed by atoms with E-state index in [-0.39, 0.29) is 23.3 Å². The Morgan fingerprint density at radius 1 is 1.15 bits per heavy atom. The smallest absolute Gasteiger partial charge is 0.306 e. The third-order valence-corrected chi connectivity index (χ3v) is 11.8. The summed E-state index contributed by atoms with van der Waals surface area (Å²) in [5, 5.41) is 8.68. The summed E-state index contributed by atoms with van der Waals surface area (Å²) in [6, 6.07) is 10.6. The Labute approximate surface area is 204 Å². The van der Waals surface area contributed by atoms with Crippen LogP contribution < -0.4 is 0 Å². The van der Waals surface area contributed by atoms with Gasteiger partial charge in [0.1, 0.15) is 5.52 Å². The number of carbonyl (C=O) groups excluding carboxylic acids is 1. The Bertz CT molecular complexity index is 1180. The largest absolute Gasteiger partial charge is 0.466 e. The zero-order valence-corrected chi connectivity index (χ0v) is 23.2. The summed E-state index contributed by atoms with van der Waals surface area (Å²) in [7, 11) is 0.00322. The number of aromatic nitrogens is 3. The van der Waals surface area contributed by atoms with Crippen molar-refractivity contribution < 1.29 is 14.0 Å². The first-order valence-electron chi connectivity index (χ1n) is 12.0. The number of benzene rings is 2. The van der Waals surface area contributed by atoms with Crippen molar-refractivity contribution in [3.63, 3.8) is 0 Å². The van der Waals surface area contributed by atoms with E-state index in [0.29, 0.717) is 13.2 Å². The molecule has 3 aromatic rings. The second kappa shape index (κ2) is 10.00. The molecule has 0 unspecified atom stereocenters. The topological polar surface area (TPSA) is 66.2 Å². The summed E-state index contributed by atoms with van der Waals surface area (Å²) in [6.07, 6.45) is 0.270. The maximum atomic E-state index is 12.6. The molecule has 0 amide bonds. The highest BCUT2D eigenvalue weighted by atomic mass is 28.4. The maximum Gasteiger partial charge on any atom is 0.306 e. The van der Waals surface area contributed by atoms with E-state index in [0.717, 1.165) is 33.3 Å². The Balaban J connectivity index is 2.03. The first-order valence-corrected chi connectivity index (χ1v) is 14.9. The number of carbonyl (C=O) groups is 1. The van der Waals surface area contributed by atoms with E-state index in [1.807, 2.05) is 20.0 Å². The lowest BCUT2D eigenvalue weighted by atomic mass is 9.84. The van der Waals surface area contributed by atoms with Crippen LogP contribution in [-0.4, -0.2) is 35.9 Å². The minimum Gasteiger partial charge on any atom is -0.466 e. The first-order chi connectivity index (χ1) is 15.9. The van der Waals surface area contributed by atoms with Crippen molar-refractivity contribution in [2.24, 2.45) is 7.05 Å². The average molecular weight is 482 g/mol. The van der Waals surface area contributed by atoms with Gasteiger partial charge in [-0.3, -0.25) is 4.79 Å². The zero-order valence-electron chi connectivity index (χ0n) is 22.2. The zero-order chi connectivity index (χ0) is 25.3. The quantitative estimate of drug-likeness (QED) is 0.283. The summed E-state index contributed by atoms with van der Waals surface area (Å²) < 4.78 is 13.6. The molecule has 1 atom stereocenters. The molecule has 2 aromatic carbocycles. The highest BCUT2D eigenvalue weighted by Crippen LogP contribution is 2.38. The van der Waals surface area contributed by atoms with Gasteiger partial charge in [0, 0.05) is 13.0 Å². The molecule has 0 N–H and O–H groups in total. The van der Waals surface area contributed by atoms with Crippen LogP contribution >= 0.6 is 0 Å². The van der Waals surface area contributed by atoms with Crippen LogP contribution in [0.5, 0.6) is 0 Å². The van der Waals surface area contributed by atoms with Gasteiger partial charge in [-0.25, -0.2) is 4.68 Å². The highest BCUT2D eigenvalue weighted by molar-refractivity contribution is 6.74. The van der Waals surface area contributed by atoms with Gasteiger partial charge in [-0.2, -0.15) is 0 Å². The third-order valence-electron chi connectivity index (χ3n) is 7.30. The van der Waals surface area contributed by atoms with Gasteiger partial charge in [0.25, 0.3) is 0 Å². The fourth-order valence-electron chi connectivity index (χ4n) is 3.96. The van der Waals surface area contributed by atoms with Crippen molar-refractivity contribution in [2.75, 3.05) is 6.61 Å². The Morgan fingerprint density at radius 2 is 1.85 bits per heavy atom. The fourth-order valence-corrected chi connectivity index (χ4v) is 4.91. The molecular formula is C27H39N3O3Si. The molecule has 0 aliphatic rings. The lowest BCUT2D eigenvalue weighted by Gasteiger charge is -2.36.